The molecule has 0 aromatic heterocycles. The number of benzene rings is 1. The highest BCUT2D eigenvalue weighted by atomic mass is 19.4. The number of rotatable bonds is 5. The molecule has 4 nitrogen and oxygen atoms in total. The van der Waals surface area contributed by atoms with Crippen LogP contribution in [0.2, 0.25) is 0 Å². The zero-order valence-electron chi connectivity index (χ0n) is 13.8. The Balaban J connectivity index is 2.91. The van der Waals surface area contributed by atoms with E-state index >= 15 is 0 Å². The van der Waals surface area contributed by atoms with Gasteiger partial charge >= 0.3 is 12.1 Å². The lowest BCUT2D eigenvalue weighted by molar-refractivity contribution is -0.143. The number of amides is 1. The van der Waals surface area contributed by atoms with Crippen LogP contribution >= 0.6 is 0 Å². The molecule has 140 valence electrons. The van der Waals surface area contributed by atoms with Gasteiger partial charge in [-0.15, -0.1) is 0 Å². The zero-order chi connectivity index (χ0) is 19.6. The van der Waals surface area contributed by atoms with Crippen molar-refractivity contribution in [1.82, 2.24) is 5.32 Å². The first kappa shape index (κ1) is 20.9. The zero-order valence-corrected chi connectivity index (χ0v) is 13.8. The van der Waals surface area contributed by atoms with Crippen molar-refractivity contribution in [3.05, 3.63) is 34.9 Å². The first-order valence-electron chi connectivity index (χ1n) is 7.32. The van der Waals surface area contributed by atoms with Crippen molar-refractivity contribution in [3.63, 3.8) is 0 Å². The summed E-state index contributed by atoms with van der Waals surface area (Å²) in [7, 11) is 0. The quantitative estimate of drug-likeness (QED) is 0.783. The molecular formula is C16H18F5NO3. The molecule has 0 heterocycles. The van der Waals surface area contributed by atoms with E-state index in [-0.39, 0.29) is 18.4 Å². The summed E-state index contributed by atoms with van der Waals surface area (Å²) in [5, 5.41) is 11.4. The Morgan fingerprint density at radius 1 is 1.12 bits per heavy atom. The molecule has 1 aromatic carbocycles. The standard InChI is InChI=1S/C16H18F5NO3/c1-15(2,3)14(25)22-11(13(23)24)5-4-8-6-9(17)12(10(18)7-8)16(19,20)21/h6-7,11H,4-5H2,1-3H3,(H,22,25)(H,23,24). The fourth-order valence-electron chi connectivity index (χ4n) is 1.98. The first-order valence-corrected chi connectivity index (χ1v) is 7.32. The monoisotopic (exact) mass is 367 g/mol. The number of aliphatic carboxylic acids is 1. The molecule has 9 heteroatoms. The largest absolute Gasteiger partial charge is 0.480 e. The SMILES string of the molecule is CC(C)(C)C(=O)NC(CCc1cc(F)c(C(F)(F)F)c(F)c1)C(=O)O. The van der Waals surface area contributed by atoms with E-state index in [9.17, 15) is 31.5 Å². The van der Waals surface area contributed by atoms with Gasteiger partial charge in [0.05, 0.1) is 0 Å². The van der Waals surface area contributed by atoms with Crippen molar-refractivity contribution in [1.29, 1.82) is 0 Å². The lowest BCUT2D eigenvalue weighted by Crippen LogP contribution is -2.45. The van der Waals surface area contributed by atoms with Gasteiger partial charge in [0.25, 0.3) is 0 Å². The molecule has 0 bridgehead atoms. The number of aryl methyl sites for hydroxylation is 1. The topological polar surface area (TPSA) is 66.4 Å². The Hall–Kier alpha value is -2.19. The summed E-state index contributed by atoms with van der Waals surface area (Å²) in [5.41, 5.74) is -2.98. The van der Waals surface area contributed by atoms with Gasteiger partial charge in [-0.2, -0.15) is 13.2 Å². The van der Waals surface area contributed by atoms with E-state index in [0.29, 0.717) is 12.1 Å². The molecule has 0 spiro atoms. The lowest BCUT2D eigenvalue weighted by Gasteiger charge is -2.22. The summed E-state index contributed by atoms with van der Waals surface area (Å²) in [6.07, 6.45) is -5.63. The third-order valence-electron chi connectivity index (χ3n) is 3.39. The van der Waals surface area contributed by atoms with Crippen LogP contribution in [0.3, 0.4) is 0 Å². The Labute approximate surface area is 141 Å². The molecule has 0 aliphatic heterocycles. The molecule has 0 aliphatic carbocycles. The molecule has 1 rings (SSSR count). The van der Waals surface area contributed by atoms with E-state index in [4.69, 9.17) is 5.11 Å². The minimum Gasteiger partial charge on any atom is -0.480 e. The van der Waals surface area contributed by atoms with Crippen LogP contribution in [0.5, 0.6) is 0 Å². The maximum Gasteiger partial charge on any atom is 0.422 e. The van der Waals surface area contributed by atoms with Gasteiger partial charge in [-0.25, -0.2) is 13.6 Å². The van der Waals surface area contributed by atoms with Crippen LogP contribution in [0.25, 0.3) is 0 Å². The molecule has 2 N–H and O–H groups in total. The van der Waals surface area contributed by atoms with Crippen LogP contribution in [-0.4, -0.2) is 23.0 Å². The minimum atomic E-state index is -5.17. The number of nitrogens with one attached hydrogen (secondary N) is 1. The van der Waals surface area contributed by atoms with E-state index in [1.54, 1.807) is 20.8 Å². The normalized spacial score (nSPS) is 13.4. The van der Waals surface area contributed by atoms with Crippen LogP contribution in [0.15, 0.2) is 12.1 Å². The average molecular weight is 367 g/mol. The van der Waals surface area contributed by atoms with Crippen LogP contribution in [0.1, 0.15) is 38.3 Å². The summed E-state index contributed by atoms with van der Waals surface area (Å²) in [4.78, 5) is 23.0. The van der Waals surface area contributed by atoms with Gasteiger partial charge in [-0.1, -0.05) is 20.8 Å². The highest BCUT2D eigenvalue weighted by molar-refractivity contribution is 5.86. The fourth-order valence-corrected chi connectivity index (χ4v) is 1.98. The lowest BCUT2D eigenvalue weighted by atomic mass is 9.94. The van der Waals surface area contributed by atoms with Crippen LogP contribution in [0.4, 0.5) is 22.0 Å². The summed E-state index contributed by atoms with van der Waals surface area (Å²) >= 11 is 0. The van der Waals surface area contributed by atoms with Crippen LogP contribution in [0, 0.1) is 17.0 Å². The number of carbonyl (C=O) groups excluding carboxylic acids is 1. The second-order valence-corrected chi connectivity index (χ2v) is 6.59. The van der Waals surface area contributed by atoms with Gasteiger partial charge in [-0.3, -0.25) is 4.79 Å². The third kappa shape index (κ3) is 5.68. The number of hydrogen-bond acceptors (Lipinski definition) is 2. The Bertz CT molecular complexity index is 642. The summed E-state index contributed by atoms with van der Waals surface area (Å²) < 4.78 is 64.6. The van der Waals surface area contributed by atoms with Gasteiger partial charge < -0.3 is 10.4 Å². The molecular weight excluding hydrogens is 349 g/mol. The van der Waals surface area contributed by atoms with Gasteiger partial charge in [0.2, 0.25) is 5.91 Å². The van der Waals surface area contributed by atoms with Crippen LogP contribution < -0.4 is 5.32 Å². The first-order chi connectivity index (χ1) is 11.2. The summed E-state index contributed by atoms with van der Waals surface area (Å²) in [6.45, 7) is 4.71. The fraction of sp³-hybridized carbons (Fsp3) is 0.500. The minimum absolute atomic E-state index is 0.140. The van der Waals surface area contributed by atoms with Crippen LogP contribution in [-0.2, 0) is 22.2 Å². The summed E-state index contributed by atoms with van der Waals surface area (Å²) in [5.74, 6) is -5.43. The Morgan fingerprint density at radius 3 is 1.96 bits per heavy atom. The number of carboxylic acid groups (broad SMARTS) is 1. The number of alkyl halides is 3. The van der Waals surface area contributed by atoms with Gasteiger partial charge in [0.1, 0.15) is 23.2 Å². The predicted molar refractivity (Wildman–Crippen MR) is 78.7 cm³/mol. The Kier molecular flexibility index (Phi) is 6.14. The molecule has 1 amide bonds. The highest BCUT2D eigenvalue weighted by Gasteiger charge is 2.38. The number of carboxylic acids is 1. The molecule has 0 fully saturated rings. The van der Waals surface area contributed by atoms with E-state index in [1.165, 1.54) is 0 Å². The maximum atomic E-state index is 13.5. The van der Waals surface area contributed by atoms with E-state index in [1.807, 2.05) is 0 Å². The molecule has 1 atom stereocenters. The number of hydrogen-bond donors (Lipinski definition) is 2. The van der Waals surface area contributed by atoms with Gasteiger partial charge in [-0.05, 0) is 30.5 Å². The Morgan fingerprint density at radius 2 is 1.60 bits per heavy atom. The molecule has 25 heavy (non-hydrogen) atoms. The molecule has 0 radical (unpaired) electrons. The molecule has 0 saturated carbocycles. The third-order valence-corrected chi connectivity index (χ3v) is 3.39. The second-order valence-electron chi connectivity index (χ2n) is 6.59. The maximum absolute atomic E-state index is 13.5. The van der Waals surface area contributed by atoms with E-state index in [2.05, 4.69) is 5.32 Å². The van der Waals surface area contributed by atoms with Crippen molar-refractivity contribution in [2.45, 2.75) is 45.8 Å². The molecule has 1 unspecified atom stereocenters. The smallest absolute Gasteiger partial charge is 0.422 e. The highest BCUT2D eigenvalue weighted by Crippen LogP contribution is 2.34. The van der Waals surface area contributed by atoms with Crippen molar-refractivity contribution >= 4 is 11.9 Å². The predicted octanol–water partition coefficient (Wildman–Crippen LogP) is 3.53. The van der Waals surface area contributed by atoms with E-state index in [0.717, 1.165) is 0 Å². The van der Waals surface area contributed by atoms with Crippen molar-refractivity contribution in [3.8, 4) is 0 Å². The summed E-state index contributed by atoms with van der Waals surface area (Å²) in [6, 6.07) is -0.313. The van der Waals surface area contributed by atoms with Crippen molar-refractivity contribution < 1.29 is 36.6 Å². The van der Waals surface area contributed by atoms with E-state index < -0.39 is 46.7 Å². The average Bonchev–Trinajstić information content (AvgIpc) is 2.39. The van der Waals surface area contributed by atoms with Gasteiger partial charge in [0, 0.05) is 5.41 Å². The van der Waals surface area contributed by atoms with Gasteiger partial charge in [0.15, 0.2) is 0 Å². The second kappa shape index (κ2) is 7.37. The molecule has 1 aromatic rings. The molecule has 0 saturated heterocycles. The number of halogens is 5. The van der Waals surface area contributed by atoms with Crippen molar-refractivity contribution in [2.75, 3.05) is 0 Å². The number of carbonyl (C=O) groups is 2. The van der Waals surface area contributed by atoms with Crippen molar-refractivity contribution in [2.24, 2.45) is 5.41 Å². The molecule has 0 aliphatic rings.